The monoisotopic (exact) mass is 262 g/mol. The third-order valence-electron chi connectivity index (χ3n) is 2.91. The van der Waals surface area contributed by atoms with Crippen LogP contribution in [0.15, 0.2) is 24.3 Å². The van der Waals surface area contributed by atoms with E-state index in [2.05, 4.69) is 18.2 Å². The highest BCUT2D eigenvalue weighted by Gasteiger charge is 2.19. The minimum atomic E-state index is -0.672. The van der Waals surface area contributed by atoms with Crippen molar-refractivity contribution in [2.24, 2.45) is 5.92 Å². The predicted molar refractivity (Wildman–Crippen MR) is 68.7 cm³/mol. The van der Waals surface area contributed by atoms with Crippen LogP contribution < -0.4 is 0 Å². The standard InChI is InChI=1S/C12H14O2.2ClH/c13-12(14)8-9-5-6-10-3-1-2-4-11(10)7-9;;/h1-4,9H,5-8H2,(H,13,14);2*1H. The molecule has 0 radical (unpaired) electrons. The van der Waals surface area contributed by atoms with Gasteiger partial charge in [0.25, 0.3) is 0 Å². The van der Waals surface area contributed by atoms with E-state index in [0.29, 0.717) is 12.3 Å². The summed E-state index contributed by atoms with van der Waals surface area (Å²) in [6, 6.07) is 8.34. The van der Waals surface area contributed by atoms with Crippen LogP contribution in [-0.2, 0) is 17.6 Å². The summed E-state index contributed by atoms with van der Waals surface area (Å²) in [7, 11) is 0. The molecule has 1 aromatic carbocycles. The van der Waals surface area contributed by atoms with E-state index in [1.165, 1.54) is 11.1 Å². The third kappa shape index (κ3) is 3.69. The van der Waals surface area contributed by atoms with Crippen molar-refractivity contribution >= 4 is 30.8 Å². The summed E-state index contributed by atoms with van der Waals surface area (Å²) in [5, 5.41) is 8.71. The predicted octanol–water partition coefficient (Wildman–Crippen LogP) is 3.11. The Kier molecular flexibility index (Phi) is 6.46. The number of aliphatic carboxylic acids is 1. The molecule has 0 aromatic heterocycles. The summed E-state index contributed by atoms with van der Waals surface area (Å²) >= 11 is 0. The van der Waals surface area contributed by atoms with Crippen LogP contribution in [0.4, 0.5) is 0 Å². The maximum atomic E-state index is 10.6. The molecule has 90 valence electrons. The van der Waals surface area contributed by atoms with Gasteiger partial charge in [0.15, 0.2) is 0 Å². The Morgan fingerprint density at radius 2 is 1.88 bits per heavy atom. The molecule has 0 spiro atoms. The molecule has 1 N–H and O–H groups in total. The molecular formula is C12H16Cl2O2. The summed E-state index contributed by atoms with van der Waals surface area (Å²) < 4.78 is 0. The van der Waals surface area contributed by atoms with Gasteiger partial charge in [0.1, 0.15) is 0 Å². The maximum absolute atomic E-state index is 10.6. The third-order valence-corrected chi connectivity index (χ3v) is 2.91. The highest BCUT2D eigenvalue weighted by atomic mass is 35.5. The summed E-state index contributed by atoms with van der Waals surface area (Å²) in [4.78, 5) is 10.6. The molecule has 0 saturated heterocycles. The van der Waals surface area contributed by atoms with Gasteiger partial charge in [-0.15, -0.1) is 24.8 Å². The number of fused-ring (bicyclic) bond motifs is 1. The van der Waals surface area contributed by atoms with Crippen LogP contribution in [0.5, 0.6) is 0 Å². The second-order valence-corrected chi connectivity index (χ2v) is 3.98. The van der Waals surface area contributed by atoms with Gasteiger partial charge in [0, 0.05) is 6.42 Å². The van der Waals surface area contributed by atoms with Crippen molar-refractivity contribution in [3.05, 3.63) is 35.4 Å². The Bertz CT molecular complexity index is 353. The van der Waals surface area contributed by atoms with Crippen molar-refractivity contribution in [2.75, 3.05) is 0 Å². The van der Waals surface area contributed by atoms with Crippen LogP contribution in [0, 0.1) is 5.92 Å². The zero-order valence-corrected chi connectivity index (χ0v) is 10.5. The summed E-state index contributed by atoms with van der Waals surface area (Å²) in [5.41, 5.74) is 2.74. The maximum Gasteiger partial charge on any atom is 0.303 e. The second-order valence-electron chi connectivity index (χ2n) is 3.98. The minimum Gasteiger partial charge on any atom is -0.481 e. The van der Waals surface area contributed by atoms with Gasteiger partial charge in [-0.25, -0.2) is 0 Å². The fourth-order valence-electron chi connectivity index (χ4n) is 2.19. The van der Waals surface area contributed by atoms with E-state index < -0.39 is 5.97 Å². The van der Waals surface area contributed by atoms with Crippen molar-refractivity contribution in [1.29, 1.82) is 0 Å². The largest absolute Gasteiger partial charge is 0.481 e. The summed E-state index contributed by atoms with van der Waals surface area (Å²) in [6.45, 7) is 0. The van der Waals surface area contributed by atoms with Crippen LogP contribution in [0.1, 0.15) is 24.0 Å². The Balaban J connectivity index is 0.00000112. The fourth-order valence-corrected chi connectivity index (χ4v) is 2.19. The van der Waals surface area contributed by atoms with Gasteiger partial charge < -0.3 is 5.11 Å². The van der Waals surface area contributed by atoms with E-state index in [4.69, 9.17) is 5.11 Å². The van der Waals surface area contributed by atoms with E-state index in [0.717, 1.165) is 19.3 Å². The summed E-state index contributed by atoms with van der Waals surface area (Å²) in [6.07, 6.45) is 3.30. The number of carbonyl (C=O) groups is 1. The molecule has 0 bridgehead atoms. The number of hydrogen-bond acceptors (Lipinski definition) is 1. The molecule has 16 heavy (non-hydrogen) atoms. The second kappa shape index (κ2) is 6.77. The zero-order valence-electron chi connectivity index (χ0n) is 8.89. The van der Waals surface area contributed by atoms with Gasteiger partial charge in [0.2, 0.25) is 0 Å². The van der Waals surface area contributed by atoms with Crippen LogP contribution in [-0.4, -0.2) is 11.1 Å². The van der Waals surface area contributed by atoms with Crippen LogP contribution in [0.25, 0.3) is 0 Å². The van der Waals surface area contributed by atoms with Crippen molar-refractivity contribution in [2.45, 2.75) is 25.7 Å². The van der Waals surface area contributed by atoms with Crippen LogP contribution >= 0.6 is 24.8 Å². The molecular weight excluding hydrogens is 247 g/mol. The number of hydrogen-bond donors (Lipinski definition) is 1. The molecule has 0 fully saturated rings. The van der Waals surface area contributed by atoms with Gasteiger partial charge >= 0.3 is 5.97 Å². The Morgan fingerprint density at radius 1 is 1.25 bits per heavy atom. The number of halogens is 2. The first kappa shape index (κ1) is 15.3. The van der Waals surface area contributed by atoms with Gasteiger partial charge in [-0.1, -0.05) is 24.3 Å². The van der Waals surface area contributed by atoms with Crippen molar-refractivity contribution in [3.8, 4) is 0 Å². The smallest absolute Gasteiger partial charge is 0.303 e. The van der Waals surface area contributed by atoms with Crippen molar-refractivity contribution < 1.29 is 9.90 Å². The van der Waals surface area contributed by atoms with Crippen LogP contribution in [0.2, 0.25) is 0 Å². The number of carboxylic acids is 1. The first-order valence-corrected chi connectivity index (χ1v) is 5.04. The molecule has 4 heteroatoms. The van der Waals surface area contributed by atoms with Crippen molar-refractivity contribution in [1.82, 2.24) is 0 Å². The lowest BCUT2D eigenvalue weighted by atomic mass is 9.82. The average Bonchev–Trinajstić information content (AvgIpc) is 2.17. The van der Waals surface area contributed by atoms with Gasteiger partial charge in [-0.05, 0) is 36.3 Å². The molecule has 0 amide bonds. The molecule has 1 aromatic rings. The molecule has 1 aliphatic rings. The van der Waals surface area contributed by atoms with Crippen LogP contribution in [0.3, 0.4) is 0 Å². The van der Waals surface area contributed by atoms with E-state index in [1.807, 2.05) is 6.07 Å². The Hall–Kier alpha value is -0.730. The number of benzene rings is 1. The van der Waals surface area contributed by atoms with Gasteiger partial charge in [0.05, 0.1) is 0 Å². The van der Waals surface area contributed by atoms with Crippen molar-refractivity contribution in [3.63, 3.8) is 0 Å². The summed E-state index contributed by atoms with van der Waals surface area (Å²) in [5.74, 6) is -0.336. The lowest BCUT2D eigenvalue weighted by Gasteiger charge is -2.22. The van der Waals surface area contributed by atoms with E-state index in [1.54, 1.807) is 0 Å². The van der Waals surface area contributed by atoms with Gasteiger partial charge in [-0.3, -0.25) is 4.79 Å². The highest BCUT2D eigenvalue weighted by Crippen LogP contribution is 2.27. The lowest BCUT2D eigenvalue weighted by Crippen LogP contribution is -2.17. The Morgan fingerprint density at radius 3 is 2.50 bits per heavy atom. The first-order valence-electron chi connectivity index (χ1n) is 5.04. The molecule has 1 aliphatic carbocycles. The molecule has 2 nitrogen and oxygen atoms in total. The Labute approximate surface area is 108 Å². The molecule has 0 heterocycles. The normalized spacial score (nSPS) is 17.6. The zero-order chi connectivity index (χ0) is 9.97. The molecule has 0 aliphatic heterocycles. The average molecular weight is 263 g/mol. The van der Waals surface area contributed by atoms with E-state index in [9.17, 15) is 4.79 Å². The fraction of sp³-hybridized carbons (Fsp3) is 0.417. The van der Waals surface area contributed by atoms with E-state index in [-0.39, 0.29) is 24.8 Å². The number of rotatable bonds is 2. The molecule has 0 saturated carbocycles. The quantitative estimate of drug-likeness (QED) is 0.890. The number of carboxylic acid groups (broad SMARTS) is 1. The molecule has 1 atom stereocenters. The minimum absolute atomic E-state index is 0. The van der Waals surface area contributed by atoms with E-state index >= 15 is 0 Å². The first-order chi connectivity index (χ1) is 6.75. The lowest BCUT2D eigenvalue weighted by molar-refractivity contribution is -0.138. The van der Waals surface area contributed by atoms with Gasteiger partial charge in [-0.2, -0.15) is 0 Å². The SMILES string of the molecule is Cl.Cl.O=C(O)CC1CCc2ccccc2C1. The molecule has 2 rings (SSSR count). The molecule has 1 unspecified atom stereocenters. The highest BCUT2D eigenvalue weighted by molar-refractivity contribution is 5.85. The topological polar surface area (TPSA) is 37.3 Å². The number of aryl methyl sites for hydroxylation is 1.